The maximum atomic E-state index is 5.98. The summed E-state index contributed by atoms with van der Waals surface area (Å²) in [5.74, 6) is 6.50. The Labute approximate surface area is 101 Å². The van der Waals surface area contributed by atoms with E-state index in [9.17, 15) is 0 Å². The van der Waals surface area contributed by atoms with Crippen LogP contribution in [0.25, 0.3) is 0 Å². The van der Waals surface area contributed by atoms with Gasteiger partial charge in [0.15, 0.2) is 0 Å². The van der Waals surface area contributed by atoms with E-state index in [0.717, 1.165) is 13.0 Å². The van der Waals surface area contributed by atoms with Crippen LogP contribution in [0, 0.1) is 5.92 Å². The van der Waals surface area contributed by atoms with Gasteiger partial charge in [-0.1, -0.05) is 25.4 Å². The Kier molecular flexibility index (Phi) is 5.52. The van der Waals surface area contributed by atoms with E-state index in [1.807, 2.05) is 0 Å². The molecule has 0 aliphatic rings. The van der Waals surface area contributed by atoms with Crippen LogP contribution in [-0.2, 0) is 11.3 Å². The van der Waals surface area contributed by atoms with Gasteiger partial charge < -0.3 is 10.2 Å². The monoisotopic (exact) mass is 243 g/mol. The molecule has 3 N–H and O–H groups in total. The van der Waals surface area contributed by atoms with Crippen LogP contribution < -0.4 is 11.3 Å². The third-order valence-corrected chi connectivity index (χ3v) is 2.49. The molecular weight excluding hydrogens is 226 g/mol. The van der Waals surface area contributed by atoms with E-state index in [1.165, 1.54) is 0 Å². The number of anilines is 1. The first-order valence-corrected chi connectivity index (χ1v) is 5.71. The van der Waals surface area contributed by atoms with Crippen molar-refractivity contribution < 1.29 is 4.74 Å². The molecule has 0 fully saturated rings. The van der Waals surface area contributed by atoms with E-state index in [1.54, 1.807) is 12.1 Å². The Morgan fingerprint density at radius 3 is 2.88 bits per heavy atom. The van der Waals surface area contributed by atoms with Crippen molar-refractivity contribution in [3.05, 3.63) is 22.8 Å². The summed E-state index contributed by atoms with van der Waals surface area (Å²) in [5.41, 5.74) is 3.19. The molecule has 0 aliphatic heterocycles. The van der Waals surface area contributed by atoms with Gasteiger partial charge in [0.25, 0.3) is 0 Å². The molecule has 0 spiro atoms. The smallest absolute Gasteiger partial charge is 0.140 e. The van der Waals surface area contributed by atoms with Crippen LogP contribution in [0.2, 0.25) is 5.02 Å². The predicted octanol–water partition coefficient (Wildman–Crippen LogP) is 2.58. The Bertz CT molecular complexity index is 331. The molecule has 0 aromatic carbocycles. The zero-order valence-electron chi connectivity index (χ0n) is 9.66. The molecule has 0 amide bonds. The van der Waals surface area contributed by atoms with Crippen molar-refractivity contribution in [1.29, 1.82) is 0 Å². The number of nitrogens with zero attached hydrogens (tertiary/aromatic N) is 1. The summed E-state index contributed by atoms with van der Waals surface area (Å²) in [5, 5.41) is 0.601. The summed E-state index contributed by atoms with van der Waals surface area (Å²) in [4.78, 5) is 4.21. The minimum absolute atomic E-state index is 0.418. The number of pyridine rings is 1. The van der Waals surface area contributed by atoms with Gasteiger partial charge in [-0.05, 0) is 24.5 Å². The van der Waals surface area contributed by atoms with E-state index in [2.05, 4.69) is 24.3 Å². The average Bonchev–Trinajstić information content (AvgIpc) is 2.26. The normalized spacial score (nSPS) is 10.8. The fraction of sp³-hybridized carbons (Fsp3) is 0.545. The van der Waals surface area contributed by atoms with Gasteiger partial charge in [0.2, 0.25) is 0 Å². The molecule has 1 heterocycles. The van der Waals surface area contributed by atoms with Crippen LogP contribution in [0.3, 0.4) is 0 Å². The molecule has 0 atom stereocenters. The van der Waals surface area contributed by atoms with Gasteiger partial charge in [0.1, 0.15) is 5.82 Å². The van der Waals surface area contributed by atoms with Gasteiger partial charge in [-0.15, -0.1) is 0 Å². The number of rotatable bonds is 6. The predicted molar refractivity (Wildman–Crippen MR) is 66.2 cm³/mol. The second-order valence-electron chi connectivity index (χ2n) is 4.00. The molecule has 1 aromatic heterocycles. The van der Waals surface area contributed by atoms with Gasteiger partial charge in [-0.2, -0.15) is 0 Å². The molecule has 0 saturated heterocycles. The molecule has 90 valence electrons. The molecule has 0 radical (unpaired) electrons. The quantitative estimate of drug-likeness (QED) is 0.458. The highest BCUT2D eigenvalue weighted by atomic mass is 35.5. The summed E-state index contributed by atoms with van der Waals surface area (Å²) < 4.78 is 5.50. The summed E-state index contributed by atoms with van der Waals surface area (Å²) in [6.45, 7) is 5.46. The summed E-state index contributed by atoms with van der Waals surface area (Å²) >= 11 is 5.98. The second-order valence-corrected chi connectivity index (χ2v) is 4.41. The first-order chi connectivity index (χ1) is 7.63. The molecule has 16 heavy (non-hydrogen) atoms. The summed E-state index contributed by atoms with van der Waals surface area (Å²) in [6.07, 6.45) is 1.03. The molecule has 4 nitrogen and oxygen atoms in total. The van der Waals surface area contributed by atoms with Gasteiger partial charge in [0, 0.05) is 6.61 Å². The Hall–Kier alpha value is -0.840. The molecule has 0 unspecified atom stereocenters. The van der Waals surface area contributed by atoms with Crippen molar-refractivity contribution in [2.75, 3.05) is 12.0 Å². The van der Waals surface area contributed by atoms with Crippen LogP contribution in [-0.4, -0.2) is 11.6 Å². The standard InChI is InChI=1S/C11H18ClN3O/c1-8(2)5-6-16-7-10-9(12)3-4-11(14-10)15-13/h3-4,8H,5-7,13H2,1-2H3,(H,14,15). The molecule has 5 heteroatoms. The molecular formula is C11H18ClN3O. The topological polar surface area (TPSA) is 60.2 Å². The molecule has 1 aromatic rings. The number of hydrogen-bond acceptors (Lipinski definition) is 4. The van der Waals surface area contributed by atoms with E-state index >= 15 is 0 Å². The zero-order chi connectivity index (χ0) is 12.0. The first-order valence-electron chi connectivity index (χ1n) is 5.33. The maximum absolute atomic E-state index is 5.98. The van der Waals surface area contributed by atoms with Crippen molar-refractivity contribution >= 4 is 17.4 Å². The van der Waals surface area contributed by atoms with E-state index in [4.69, 9.17) is 22.2 Å². The lowest BCUT2D eigenvalue weighted by molar-refractivity contribution is 0.108. The number of halogens is 1. The number of nitrogen functional groups attached to an aromatic ring is 1. The number of aromatic nitrogens is 1. The lowest BCUT2D eigenvalue weighted by Gasteiger charge is -2.08. The number of ether oxygens (including phenoxy) is 1. The number of hydrogen-bond donors (Lipinski definition) is 2. The Morgan fingerprint density at radius 1 is 1.50 bits per heavy atom. The van der Waals surface area contributed by atoms with Crippen LogP contribution in [0.1, 0.15) is 26.0 Å². The van der Waals surface area contributed by atoms with E-state index < -0.39 is 0 Å². The van der Waals surface area contributed by atoms with Crippen LogP contribution in [0.4, 0.5) is 5.82 Å². The third-order valence-electron chi connectivity index (χ3n) is 2.14. The third kappa shape index (κ3) is 4.35. The highest BCUT2D eigenvalue weighted by Gasteiger charge is 2.04. The van der Waals surface area contributed by atoms with E-state index in [-0.39, 0.29) is 0 Å². The van der Waals surface area contributed by atoms with Crippen molar-refractivity contribution in [3.8, 4) is 0 Å². The van der Waals surface area contributed by atoms with Gasteiger partial charge in [-0.25, -0.2) is 10.8 Å². The molecule has 0 saturated carbocycles. The van der Waals surface area contributed by atoms with Gasteiger partial charge in [-0.3, -0.25) is 0 Å². The molecule has 0 bridgehead atoms. The second kappa shape index (κ2) is 6.68. The summed E-state index contributed by atoms with van der Waals surface area (Å²) in [6, 6.07) is 3.48. The van der Waals surface area contributed by atoms with E-state index in [0.29, 0.717) is 29.1 Å². The van der Waals surface area contributed by atoms with Gasteiger partial charge in [0.05, 0.1) is 17.3 Å². The molecule has 0 aliphatic carbocycles. The van der Waals surface area contributed by atoms with Crippen molar-refractivity contribution in [2.45, 2.75) is 26.9 Å². The minimum Gasteiger partial charge on any atom is -0.375 e. The largest absolute Gasteiger partial charge is 0.375 e. The maximum Gasteiger partial charge on any atom is 0.140 e. The minimum atomic E-state index is 0.418. The van der Waals surface area contributed by atoms with Crippen LogP contribution >= 0.6 is 11.6 Å². The fourth-order valence-electron chi connectivity index (χ4n) is 1.15. The van der Waals surface area contributed by atoms with Crippen LogP contribution in [0.15, 0.2) is 12.1 Å². The highest BCUT2D eigenvalue weighted by molar-refractivity contribution is 6.31. The SMILES string of the molecule is CC(C)CCOCc1nc(NN)ccc1Cl. The Balaban J connectivity index is 2.46. The number of hydrazine groups is 1. The average molecular weight is 244 g/mol. The zero-order valence-corrected chi connectivity index (χ0v) is 10.4. The van der Waals surface area contributed by atoms with Crippen LogP contribution in [0.5, 0.6) is 0 Å². The lowest BCUT2D eigenvalue weighted by Crippen LogP contribution is -2.10. The van der Waals surface area contributed by atoms with Crippen molar-refractivity contribution in [1.82, 2.24) is 4.98 Å². The highest BCUT2D eigenvalue weighted by Crippen LogP contribution is 2.17. The number of nitrogens with one attached hydrogen (secondary N) is 1. The fourth-order valence-corrected chi connectivity index (χ4v) is 1.31. The summed E-state index contributed by atoms with van der Waals surface area (Å²) in [7, 11) is 0. The van der Waals surface area contributed by atoms with Crippen molar-refractivity contribution in [2.24, 2.45) is 11.8 Å². The molecule has 1 rings (SSSR count). The number of nitrogens with two attached hydrogens (primary N) is 1. The Morgan fingerprint density at radius 2 is 2.25 bits per heavy atom. The van der Waals surface area contributed by atoms with Gasteiger partial charge >= 0.3 is 0 Å². The van der Waals surface area contributed by atoms with Crippen molar-refractivity contribution in [3.63, 3.8) is 0 Å². The first kappa shape index (κ1) is 13.2. The lowest BCUT2D eigenvalue weighted by atomic mass is 10.1.